The summed E-state index contributed by atoms with van der Waals surface area (Å²) in [4.78, 5) is 16.9. The van der Waals surface area contributed by atoms with E-state index in [1.165, 1.54) is 10.8 Å². The molecule has 0 amide bonds. The molecule has 0 saturated heterocycles. The molecule has 1 heterocycles. The maximum Gasteiger partial charge on any atom is 0.336 e. The maximum absolute atomic E-state index is 12.6. The summed E-state index contributed by atoms with van der Waals surface area (Å²) >= 11 is 6.24. The van der Waals surface area contributed by atoms with Gasteiger partial charge in [0.1, 0.15) is 0 Å². The number of halogens is 1. The zero-order valence-corrected chi connectivity index (χ0v) is 14.3. The first kappa shape index (κ1) is 16.9. The standard InChI is InChI=1S/C19H16ClN3O2/c1-2-25-19-21-18(15-10-6-7-11-16(15)20)23(22-19)17(24)13-12-14-8-4-3-5-9-14/h3-13H,2H2,1H3/b13-12+. The smallest absolute Gasteiger partial charge is 0.336 e. The number of aromatic nitrogens is 3. The lowest BCUT2D eigenvalue weighted by molar-refractivity contribution is 0.0955. The van der Waals surface area contributed by atoms with Crippen LogP contribution in [0.15, 0.2) is 60.7 Å². The molecule has 126 valence electrons. The van der Waals surface area contributed by atoms with E-state index < -0.39 is 0 Å². The molecule has 0 bridgehead atoms. The largest absolute Gasteiger partial charge is 0.463 e. The minimum absolute atomic E-state index is 0.138. The molecular weight excluding hydrogens is 338 g/mol. The zero-order valence-electron chi connectivity index (χ0n) is 13.6. The number of ether oxygens (including phenoxy) is 1. The van der Waals surface area contributed by atoms with Crippen molar-refractivity contribution >= 4 is 23.6 Å². The van der Waals surface area contributed by atoms with E-state index in [4.69, 9.17) is 16.3 Å². The summed E-state index contributed by atoms with van der Waals surface area (Å²) in [5.74, 6) is 0.00832. The molecular formula is C19H16ClN3O2. The summed E-state index contributed by atoms with van der Waals surface area (Å²) in [7, 11) is 0. The summed E-state index contributed by atoms with van der Waals surface area (Å²) in [5.41, 5.74) is 1.53. The maximum atomic E-state index is 12.6. The Labute approximate surface area is 150 Å². The lowest BCUT2D eigenvalue weighted by Crippen LogP contribution is -2.11. The van der Waals surface area contributed by atoms with Gasteiger partial charge in [-0.15, -0.1) is 5.10 Å². The lowest BCUT2D eigenvalue weighted by Gasteiger charge is -2.03. The SMILES string of the molecule is CCOc1nc(-c2ccccc2Cl)n(C(=O)/C=C/c2ccccc2)n1. The van der Waals surface area contributed by atoms with Crippen LogP contribution in [0.2, 0.25) is 5.02 Å². The molecule has 3 aromatic rings. The van der Waals surface area contributed by atoms with E-state index >= 15 is 0 Å². The first-order valence-electron chi connectivity index (χ1n) is 7.81. The van der Waals surface area contributed by atoms with Gasteiger partial charge in [-0.2, -0.15) is 9.67 Å². The van der Waals surface area contributed by atoms with Crippen molar-refractivity contribution in [1.29, 1.82) is 0 Å². The van der Waals surface area contributed by atoms with Crippen molar-refractivity contribution in [2.45, 2.75) is 6.92 Å². The van der Waals surface area contributed by atoms with E-state index in [2.05, 4.69) is 10.1 Å². The van der Waals surface area contributed by atoms with Crippen molar-refractivity contribution in [1.82, 2.24) is 14.8 Å². The van der Waals surface area contributed by atoms with Gasteiger partial charge in [0.25, 0.3) is 5.91 Å². The molecule has 0 aliphatic heterocycles. The highest BCUT2D eigenvalue weighted by Crippen LogP contribution is 2.27. The fourth-order valence-corrected chi connectivity index (χ4v) is 2.48. The highest BCUT2D eigenvalue weighted by Gasteiger charge is 2.18. The Morgan fingerprint density at radius 2 is 1.88 bits per heavy atom. The highest BCUT2D eigenvalue weighted by molar-refractivity contribution is 6.33. The van der Waals surface area contributed by atoms with Gasteiger partial charge >= 0.3 is 6.01 Å². The van der Waals surface area contributed by atoms with Gasteiger partial charge < -0.3 is 4.74 Å². The third kappa shape index (κ3) is 3.95. The predicted molar refractivity (Wildman–Crippen MR) is 97.7 cm³/mol. The van der Waals surface area contributed by atoms with Crippen LogP contribution in [0.1, 0.15) is 17.3 Å². The number of carbonyl (C=O) groups is 1. The molecule has 0 N–H and O–H groups in total. The zero-order chi connectivity index (χ0) is 17.6. The minimum Gasteiger partial charge on any atom is -0.463 e. The Hall–Kier alpha value is -2.92. The number of nitrogens with zero attached hydrogens (tertiary/aromatic N) is 3. The first-order valence-corrected chi connectivity index (χ1v) is 8.19. The quantitative estimate of drug-likeness (QED) is 0.640. The molecule has 0 aliphatic rings. The van der Waals surface area contributed by atoms with E-state index in [-0.39, 0.29) is 11.9 Å². The Balaban J connectivity index is 1.98. The van der Waals surface area contributed by atoms with Gasteiger partial charge in [0.15, 0.2) is 5.82 Å². The van der Waals surface area contributed by atoms with Gasteiger partial charge in [-0.25, -0.2) is 0 Å². The molecule has 0 fully saturated rings. The van der Waals surface area contributed by atoms with Crippen molar-refractivity contribution in [3.05, 3.63) is 71.3 Å². The van der Waals surface area contributed by atoms with Gasteiger partial charge in [0, 0.05) is 11.6 Å². The van der Waals surface area contributed by atoms with E-state index in [0.29, 0.717) is 23.0 Å². The van der Waals surface area contributed by atoms with Crippen LogP contribution >= 0.6 is 11.6 Å². The van der Waals surface area contributed by atoms with Gasteiger partial charge in [-0.1, -0.05) is 54.1 Å². The van der Waals surface area contributed by atoms with E-state index in [0.717, 1.165) is 5.56 Å². The number of carbonyl (C=O) groups excluding carboxylic acids is 1. The van der Waals surface area contributed by atoms with Crippen molar-refractivity contribution in [3.8, 4) is 17.4 Å². The summed E-state index contributed by atoms with van der Waals surface area (Å²) < 4.78 is 6.54. The van der Waals surface area contributed by atoms with Crippen molar-refractivity contribution in [2.24, 2.45) is 0 Å². The topological polar surface area (TPSA) is 57.0 Å². The molecule has 0 spiro atoms. The number of hydrogen-bond donors (Lipinski definition) is 0. The van der Waals surface area contributed by atoms with E-state index in [9.17, 15) is 4.79 Å². The third-order valence-corrected chi connectivity index (χ3v) is 3.73. The second-order valence-corrected chi connectivity index (χ2v) is 5.53. The Bertz CT molecular complexity index is 904. The summed E-state index contributed by atoms with van der Waals surface area (Å²) in [5, 5.41) is 4.64. The molecule has 3 rings (SSSR count). The average molecular weight is 354 g/mol. The number of allylic oxidation sites excluding steroid dienone is 1. The van der Waals surface area contributed by atoms with Gasteiger partial charge in [-0.3, -0.25) is 4.79 Å². The fraction of sp³-hybridized carbons (Fsp3) is 0.105. The van der Waals surface area contributed by atoms with Crippen LogP contribution in [0.3, 0.4) is 0 Å². The van der Waals surface area contributed by atoms with Crippen LogP contribution in [-0.4, -0.2) is 27.3 Å². The molecule has 2 aromatic carbocycles. The van der Waals surface area contributed by atoms with Crippen molar-refractivity contribution in [3.63, 3.8) is 0 Å². The van der Waals surface area contributed by atoms with Gasteiger partial charge in [0.2, 0.25) is 0 Å². The Morgan fingerprint density at radius 3 is 2.60 bits per heavy atom. The number of rotatable bonds is 5. The number of hydrogen-bond acceptors (Lipinski definition) is 4. The van der Waals surface area contributed by atoms with Crippen LogP contribution < -0.4 is 4.74 Å². The minimum atomic E-state index is -0.336. The molecule has 0 saturated carbocycles. The lowest BCUT2D eigenvalue weighted by atomic mass is 10.2. The Kier molecular flexibility index (Phi) is 5.26. The molecule has 1 aromatic heterocycles. The monoisotopic (exact) mass is 353 g/mol. The van der Waals surface area contributed by atoms with Crippen LogP contribution in [0, 0.1) is 0 Å². The third-order valence-electron chi connectivity index (χ3n) is 3.40. The molecule has 0 atom stereocenters. The molecule has 0 unspecified atom stereocenters. The average Bonchev–Trinajstić information content (AvgIpc) is 3.05. The highest BCUT2D eigenvalue weighted by atomic mass is 35.5. The van der Waals surface area contributed by atoms with E-state index in [1.807, 2.05) is 49.4 Å². The van der Waals surface area contributed by atoms with E-state index in [1.54, 1.807) is 18.2 Å². The number of benzene rings is 2. The molecule has 5 nitrogen and oxygen atoms in total. The molecule has 6 heteroatoms. The fourth-order valence-electron chi connectivity index (χ4n) is 2.26. The molecule has 0 aliphatic carbocycles. The normalized spacial score (nSPS) is 11.0. The summed E-state index contributed by atoms with van der Waals surface area (Å²) in [6, 6.07) is 16.8. The molecule has 0 radical (unpaired) electrons. The van der Waals surface area contributed by atoms with Crippen LogP contribution in [0.25, 0.3) is 17.5 Å². The van der Waals surface area contributed by atoms with Crippen LogP contribution in [-0.2, 0) is 0 Å². The predicted octanol–water partition coefficient (Wildman–Crippen LogP) is 4.35. The van der Waals surface area contributed by atoms with Crippen molar-refractivity contribution < 1.29 is 9.53 Å². The Morgan fingerprint density at radius 1 is 1.16 bits per heavy atom. The summed E-state index contributed by atoms with van der Waals surface area (Å²) in [6.45, 7) is 2.23. The van der Waals surface area contributed by atoms with Gasteiger partial charge in [-0.05, 0) is 30.7 Å². The van der Waals surface area contributed by atoms with Crippen LogP contribution in [0.4, 0.5) is 0 Å². The van der Waals surface area contributed by atoms with Gasteiger partial charge in [0.05, 0.1) is 11.6 Å². The summed E-state index contributed by atoms with van der Waals surface area (Å²) in [6.07, 6.45) is 3.17. The first-order chi connectivity index (χ1) is 12.2. The second kappa shape index (κ2) is 7.77. The van der Waals surface area contributed by atoms with Crippen molar-refractivity contribution in [2.75, 3.05) is 6.61 Å². The second-order valence-electron chi connectivity index (χ2n) is 5.12. The molecule has 25 heavy (non-hydrogen) atoms. The van der Waals surface area contributed by atoms with Crippen LogP contribution in [0.5, 0.6) is 6.01 Å².